The van der Waals surface area contributed by atoms with E-state index in [1.165, 1.54) is 225 Å². The van der Waals surface area contributed by atoms with Crippen molar-refractivity contribution in [3.8, 4) is 0 Å². The maximum absolute atomic E-state index is 12.9. The second-order valence-electron chi connectivity index (χ2n) is 22.8. The van der Waals surface area contributed by atoms with E-state index in [1.807, 2.05) is 0 Å². The Kier molecular flexibility index (Phi) is 52.0. The fourth-order valence-corrected chi connectivity index (χ4v) is 9.53. The van der Waals surface area contributed by atoms with Crippen molar-refractivity contribution < 1.29 is 28.6 Å². The average molecular weight is 962 g/mol. The van der Waals surface area contributed by atoms with Gasteiger partial charge in [-0.05, 0) is 37.0 Å². The van der Waals surface area contributed by atoms with Crippen molar-refractivity contribution in [3.63, 3.8) is 0 Å². The average Bonchev–Trinajstić information content (AvgIpc) is 3.30. The first-order valence-corrected chi connectivity index (χ1v) is 30.6. The maximum atomic E-state index is 12.9. The molecule has 0 saturated heterocycles. The molecular weight excluding hydrogens is 841 g/mol. The fraction of sp³-hybridized carbons (Fsp3) is 0.952. The lowest BCUT2D eigenvalue weighted by atomic mass is 10.0. The van der Waals surface area contributed by atoms with Crippen molar-refractivity contribution in [2.45, 2.75) is 349 Å². The molecule has 0 amide bonds. The molecule has 0 bridgehead atoms. The van der Waals surface area contributed by atoms with E-state index in [2.05, 4.69) is 41.5 Å². The van der Waals surface area contributed by atoms with Crippen molar-refractivity contribution in [1.29, 1.82) is 0 Å². The number of carbonyl (C=O) groups excluding carboxylic acids is 3. The Balaban J connectivity index is 4.20. The van der Waals surface area contributed by atoms with Crippen molar-refractivity contribution in [3.05, 3.63) is 0 Å². The van der Waals surface area contributed by atoms with Gasteiger partial charge in [0.2, 0.25) is 0 Å². The summed E-state index contributed by atoms with van der Waals surface area (Å²) in [7, 11) is 0. The zero-order chi connectivity index (χ0) is 49.8. The highest BCUT2D eigenvalue weighted by atomic mass is 16.6. The summed E-state index contributed by atoms with van der Waals surface area (Å²) in [5.74, 6) is 1.65. The third kappa shape index (κ3) is 55.3. The first kappa shape index (κ1) is 66.4. The Morgan fingerprint density at radius 1 is 0.250 bits per heavy atom. The van der Waals surface area contributed by atoms with Crippen LogP contribution in [0.25, 0.3) is 0 Å². The number of unbranched alkanes of at least 4 members (excludes halogenated alkanes) is 38. The van der Waals surface area contributed by atoms with E-state index in [9.17, 15) is 14.4 Å². The molecule has 0 fully saturated rings. The van der Waals surface area contributed by atoms with Gasteiger partial charge in [-0.1, -0.05) is 305 Å². The first-order chi connectivity index (χ1) is 33.1. The van der Waals surface area contributed by atoms with Gasteiger partial charge >= 0.3 is 17.9 Å². The lowest BCUT2D eigenvalue weighted by Crippen LogP contribution is -2.30. The van der Waals surface area contributed by atoms with Gasteiger partial charge in [-0.3, -0.25) is 14.4 Å². The summed E-state index contributed by atoms with van der Waals surface area (Å²) in [5, 5.41) is 0. The number of hydrogen-bond acceptors (Lipinski definition) is 6. The Morgan fingerprint density at radius 3 is 0.632 bits per heavy atom. The van der Waals surface area contributed by atoms with Crippen LogP contribution in [0.2, 0.25) is 0 Å². The lowest BCUT2D eigenvalue weighted by Gasteiger charge is -2.18. The van der Waals surface area contributed by atoms with Crippen LogP contribution in [-0.4, -0.2) is 37.2 Å². The lowest BCUT2D eigenvalue weighted by molar-refractivity contribution is -0.167. The summed E-state index contributed by atoms with van der Waals surface area (Å²) in [4.78, 5) is 38.2. The van der Waals surface area contributed by atoms with Crippen LogP contribution >= 0.6 is 0 Å². The van der Waals surface area contributed by atoms with Crippen LogP contribution in [0.1, 0.15) is 343 Å². The topological polar surface area (TPSA) is 78.9 Å². The van der Waals surface area contributed by atoms with Crippen molar-refractivity contribution >= 4 is 17.9 Å². The van der Waals surface area contributed by atoms with E-state index in [0.29, 0.717) is 19.3 Å². The highest BCUT2D eigenvalue weighted by molar-refractivity contribution is 5.71. The molecule has 0 aromatic heterocycles. The molecule has 6 nitrogen and oxygen atoms in total. The van der Waals surface area contributed by atoms with Crippen molar-refractivity contribution in [2.24, 2.45) is 17.8 Å². The molecule has 0 rings (SSSR count). The second kappa shape index (κ2) is 53.2. The van der Waals surface area contributed by atoms with E-state index in [4.69, 9.17) is 14.2 Å². The minimum Gasteiger partial charge on any atom is -0.462 e. The van der Waals surface area contributed by atoms with E-state index >= 15 is 0 Å². The zero-order valence-electron chi connectivity index (χ0n) is 46.9. The zero-order valence-corrected chi connectivity index (χ0v) is 46.9. The molecule has 0 aromatic rings. The molecule has 0 N–H and O–H groups in total. The predicted molar refractivity (Wildman–Crippen MR) is 293 cm³/mol. The van der Waals surface area contributed by atoms with Crippen LogP contribution in [0.15, 0.2) is 0 Å². The van der Waals surface area contributed by atoms with Crippen LogP contribution in [0.5, 0.6) is 0 Å². The van der Waals surface area contributed by atoms with E-state index in [1.54, 1.807) is 0 Å². The predicted octanol–water partition coefficient (Wildman–Crippen LogP) is 20.3. The van der Waals surface area contributed by atoms with E-state index in [-0.39, 0.29) is 31.1 Å². The molecule has 0 heterocycles. The molecule has 0 spiro atoms. The largest absolute Gasteiger partial charge is 0.462 e. The number of hydrogen-bond donors (Lipinski definition) is 0. The number of esters is 3. The molecule has 6 heteroatoms. The Labute approximate surface area is 425 Å². The molecule has 404 valence electrons. The SMILES string of the molecule is CC(C)CCCCCCCCCCCCCCCCCCCCC(=O)OC[C@H](COC(=O)CCCCCCCCCC(C)C)OC(=O)CCCCCCCCCCCCCCCCCCC(C)C. The molecule has 68 heavy (non-hydrogen) atoms. The van der Waals surface area contributed by atoms with Gasteiger partial charge in [0, 0.05) is 19.3 Å². The van der Waals surface area contributed by atoms with Crippen LogP contribution in [-0.2, 0) is 28.6 Å². The Morgan fingerprint density at radius 2 is 0.426 bits per heavy atom. The molecule has 0 aromatic carbocycles. The Bertz CT molecular complexity index is 1050. The number of carbonyl (C=O) groups is 3. The van der Waals surface area contributed by atoms with Gasteiger partial charge in [0.1, 0.15) is 13.2 Å². The van der Waals surface area contributed by atoms with Crippen LogP contribution in [0.4, 0.5) is 0 Å². The molecule has 0 aliphatic heterocycles. The molecule has 0 radical (unpaired) electrons. The smallest absolute Gasteiger partial charge is 0.306 e. The summed E-state index contributed by atoms with van der Waals surface area (Å²) in [5.41, 5.74) is 0. The Hall–Kier alpha value is -1.59. The van der Waals surface area contributed by atoms with Crippen molar-refractivity contribution in [2.75, 3.05) is 13.2 Å². The standard InChI is InChI=1S/C62H120O6/c1-56(2)48-42-36-30-25-21-17-13-9-7-8-10-15-19-23-27-33-39-45-51-60(63)66-54-59(55-67-61(64)52-46-40-35-29-32-38-44-50-58(5)6)68-62(65)53-47-41-34-28-24-20-16-12-11-14-18-22-26-31-37-43-49-57(3)4/h56-59H,7-55H2,1-6H3/t59-/m1/s1. The molecule has 1 atom stereocenters. The summed E-state index contributed by atoms with van der Waals surface area (Å²) < 4.78 is 16.9. The van der Waals surface area contributed by atoms with Crippen LogP contribution in [0.3, 0.4) is 0 Å². The number of rotatable bonds is 55. The summed E-state index contributed by atoms with van der Waals surface area (Å²) in [6, 6.07) is 0. The fourth-order valence-electron chi connectivity index (χ4n) is 9.53. The third-order valence-electron chi connectivity index (χ3n) is 14.1. The summed E-state index contributed by atoms with van der Waals surface area (Å²) in [6.07, 6.45) is 56.9. The highest BCUT2D eigenvalue weighted by Crippen LogP contribution is 2.19. The summed E-state index contributed by atoms with van der Waals surface area (Å²) >= 11 is 0. The molecular formula is C62H120O6. The van der Waals surface area contributed by atoms with Crippen LogP contribution in [0, 0.1) is 17.8 Å². The molecule has 0 unspecified atom stereocenters. The quantitative estimate of drug-likeness (QED) is 0.0343. The molecule has 0 saturated carbocycles. The van der Waals surface area contributed by atoms with Gasteiger partial charge in [-0.25, -0.2) is 0 Å². The van der Waals surface area contributed by atoms with Crippen LogP contribution < -0.4 is 0 Å². The van der Waals surface area contributed by atoms with Gasteiger partial charge in [-0.2, -0.15) is 0 Å². The molecule has 0 aliphatic rings. The van der Waals surface area contributed by atoms with Gasteiger partial charge in [0.05, 0.1) is 0 Å². The maximum Gasteiger partial charge on any atom is 0.306 e. The second-order valence-corrected chi connectivity index (χ2v) is 22.8. The van der Waals surface area contributed by atoms with Gasteiger partial charge in [0.25, 0.3) is 0 Å². The van der Waals surface area contributed by atoms with E-state index in [0.717, 1.165) is 75.5 Å². The minimum atomic E-state index is -0.764. The highest BCUT2D eigenvalue weighted by Gasteiger charge is 2.19. The first-order valence-electron chi connectivity index (χ1n) is 30.6. The monoisotopic (exact) mass is 961 g/mol. The third-order valence-corrected chi connectivity index (χ3v) is 14.1. The van der Waals surface area contributed by atoms with Gasteiger partial charge < -0.3 is 14.2 Å². The van der Waals surface area contributed by atoms with Crippen molar-refractivity contribution in [1.82, 2.24) is 0 Å². The number of ether oxygens (including phenoxy) is 3. The van der Waals surface area contributed by atoms with Gasteiger partial charge in [0.15, 0.2) is 6.10 Å². The minimum absolute atomic E-state index is 0.0636. The summed E-state index contributed by atoms with van der Waals surface area (Å²) in [6.45, 7) is 13.8. The molecule has 0 aliphatic carbocycles. The van der Waals surface area contributed by atoms with Gasteiger partial charge in [-0.15, -0.1) is 0 Å². The van der Waals surface area contributed by atoms with E-state index < -0.39 is 6.10 Å². The normalized spacial score (nSPS) is 12.1.